The Balaban J connectivity index is 0. The van der Waals surface area contributed by atoms with Gasteiger partial charge < -0.3 is 0 Å². The van der Waals surface area contributed by atoms with Gasteiger partial charge in [0.15, 0.2) is 0 Å². The first kappa shape index (κ1) is 16.6. The van der Waals surface area contributed by atoms with E-state index in [1.54, 1.807) is 0 Å². The minimum absolute atomic E-state index is 1.02. The molecule has 1 heteroatoms. The SMILES string of the molecule is C=C/C=C(\C=C/C)CN(CC)CC.CC. The number of hydrogen-bond donors (Lipinski definition) is 0. The molecule has 0 saturated heterocycles. The van der Waals surface area contributed by atoms with Crippen LogP contribution < -0.4 is 0 Å². The smallest absolute Gasteiger partial charge is 0.0233 e. The Kier molecular flexibility index (Phi) is 14.6. The summed E-state index contributed by atoms with van der Waals surface area (Å²) >= 11 is 0. The van der Waals surface area contributed by atoms with Gasteiger partial charge in [0.25, 0.3) is 0 Å². The minimum atomic E-state index is 1.02. The molecule has 0 rings (SSSR count). The highest BCUT2D eigenvalue weighted by Crippen LogP contribution is 2.01. The van der Waals surface area contributed by atoms with E-state index in [0.717, 1.165) is 19.6 Å². The fourth-order valence-corrected chi connectivity index (χ4v) is 1.23. The standard InChI is InChI=1S/C12H21N.C2H6/c1-5-9-12(10-6-2)11-13(7-3)8-4;1-2/h5-6,9-10H,1,7-8,11H2,2-4H3;1-2H3/b10-6-,12-9+;. The monoisotopic (exact) mass is 209 g/mol. The number of hydrogen-bond acceptors (Lipinski definition) is 1. The fourth-order valence-electron chi connectivity index (χ4n) is 1.23. The van der Waals surface area contributed by atoms with Crippen molar-refractivity contribution in [2.45, 2.75) is 34.6 Å². The first-order chi connectivity index (χ1) is 7.28. The maximum Gasteiger partial charge on any atom is 0.0233 e. The summed E-state index contributed by atoms with van der Waals surface area (Å²) in [5.74, 6) is 0. The molecule has 0 unspecified atom stereocenters. The molecule has 0 saturated carbocycles. The van der Waals surface area contributed by atoms with E-state index in [1.807, 2.05) is 26.8 Å². The lowest BCUT2D eigenvalue weighted by molar-refractivity contribution is 0.332. The molecule has 0 amide bonds. The van der Waals surface area contributed by atoms with Gasteiger partial charge in [0, 0.05) is 6.54 Å². The lowest BCUT2D eigenvalue weighted by atomic mass is 10.2. The van der Waals surface area contributed by atoms with Crippen LogP contribution in [0.1, 0.15) is 34.6 Å². The summed E-state index contributed by atoms with van der Waals surface area (Å²) in [7, 11) is 0. The maximum absolute atomic E-state index is 3.71. The Morgan fingerprint density at radius 1 is 1.20 bits per heavy atom. The highest BCUT2D eigenvalue weighted by molar-refractivity contribution is 5.24. The molecule has 0 aliphatic heterocycles. The Hall–Kier alpha value is -0.820. The number of allylic oxidation sites excluding steroid dienone is 3. The van der Waals surface area contributed by atoms with Gasteiger partial charge in [-0.25, -0.2) is 0 Å². The van der Waals surface area contributed by atoms with Crippen LogP contribution in [0.25, 0.3) is 0 Å². The van der Waals surface area contributed by atoms with Crippen molar-refractivity contribution in [3.63, 3.8) is 0 Å². The second-order valence-electron chi connectivity index (χ2n) is 2.94. The molecule has 1 nitrogen and oxygen atoms in total. The molecule has 0 aliphatic carbocycles. The van der Waals surface area contributed by atoms with E-state index in [1.165, 1.54) is 5.57 Å². The van der Waals surface area contributed by atoms with Crippen LogP contribution in [0, 0.1) is 0 Å². The summed E-state index contributed by atoms with van der Waals surface area (Å²) in [5, 5.41) is 0. The lowest BCUT2D eigenvalue weighted by Crippen LogP contribution is -2.24. The van der Waals surface area contributed by atoms with Crippen LogP contribution in [0.2, 0.25) is 0 Å². The van der Waals surface area contributed by atoms with Crippen LogP contribution in [0.5, 0.6) is 0 Å². The van der Waals surface area contributed by atoms with Crippen molar-refractivity contribution in [2.75, 3.05) is 19.6 Å². The van der Waals surface area contributed by atoms with Crippen molar-refractivity contribution in [3.05, 3.63) is 36.5 Å². The van der Waals surface area contributed by atoms with Crippen LogP contribution >= 0.6 is 0 Å². The molecule has 0 aromatic rings. The van der Waals surface area contributed by atoms with E-state index in [4.69, 9.17) is 0 Å². The molecule has 0 N–H and O–H groups in total. The first-order valence-corrected chi connectivity index (χ1v) is 5.95. The van der Waals surface area contributed by atoms with Crippen LogP contribution in [0.4, 0.5) is 0 Å². The van der Waals surface area contributed by atoms with Crippen LogP contribution in [-0.2, 0) is 0 Å². The molecular weight excluding hydrogens is 182 g/mol. The first-order valence-electron chi connectivity index (χ1n) is 5.95. The summed E-state index contributed by atoms with van der Waals surface area (Å²) < 4.78 is 0. The average molecular weight is 209 g/mol. The average Bonchev–Trinajstić information content (AvgIpc) is 2.29. The zero-order chi connectivity index (χ0) is 12.1. The third kappa shape index (κ3) is 9.48. The van der Waals surface area contributed by atoms with E-state index >= 15 is 0 Å². The summed E-state index contributed by atoms with van der Waals surface area (Å²) in [6.45, 7) is 17.3. The van der Waals surface area contributed by atoms with Gasteiger partial charge in [-0.2, -0.15) is 0 Å². The highest BCUT2D eigenvalue weighted by atomic mass is 15.1. The van der Waals surface area contributed by atoms with Crippen molar-refractivity contribution in [1.82, 2.24) is 4.90 Å². The van der Waals surface area contributed by atoms with Crippen molar-refractivity contribution in [3.8, 4) is 0 Å². The predicted octanol–water partition coefficient (Wildman–Crippen LogP) is 4.04. The Labute approximate surface area is 96.2 Å². The summed E-state index contributed by atoms with van der Waals surface area (Å²) in [4.78, 5) is 2.38. The number of nitrogens with zero attached hydrogens (tertiary/aromatic N) is 1. The Morgan fingerprint density at radius 2 is 1.73 bits per heavy atom. The van der Waals surface area contributed by atoms with Gasteiger partial charge >= 0.3 is 0 Å². The zero-order valence-electron chi connectivity index (χ0n) is 11.1. The van der Waals surface area contributed by atoms with Gasteiger partial charge in [-0.1, -0.05) is 58.6 Å². The van der Waals surface area contributed by atoms with Crippen molar-refractivity contribution in [1.29, 1.82) is 0 Å². The van der Waals surface area contributed by atoms with Crippen molar-refractivity contribution >= 4 is 0 Å². The number of likely N-dealkylation sites (N-methyl/N-ethyl adjacent to an activating group) is 1. The van der Waals surface area contributed by atoms with E-state index in [-0.39, 0.29) is 0 Å². The molecule has 0 aromatic heterocycles. The molecule has 0 bridgehead atoms. The Morgan fingerprint density at radius 3 is 2.07 bits per heavy atom. The quantitative estimate of drug-likeness (QED) is 0.597. The van der Waals surface area contributed by atoms with Crippen LogP contribution in [-0.4, -0.2) is 24.5 Å². The molecular formula is C14H27N. The van der Waals surface area contributed by atoms with E-state index < -0.39 is 0 Å². The zero-order valence-corrected chi connectivity index (χ0v) is 11.1. The fraction of sp³-hybridized carbons (Fsp3) is 0.571. The highest BCUT2D eigenvalue weighted by Gasteiger charge is 1.99. The molecule has 15 heavy (non-hydrogen) atoms. The van der Waals surface area contributed by atoms with Gasteiger partial charge in [-0.05, 0) is 25.6 Å². The Bertz CT molecular complexity index is 186. The molecule has 0 radical (unpaired) electrons. The topological polar surface area (TPSA) is 3.24 Å². The second kappa shape index (κ2) is 13.2. The van der Waals surface area contributed by atoms with Gasteiger partial charge in [0.1, 0.15) is 0 Å². The second-order valence-corrected chi connectivity index (χ2v) is 2.94. The van der Waals surface area contributed by atoms with E-state index in [9.17, 15) is 0 Å². The van der Waals surface area contributed by atoms with Crippen LogP contribution in [0.3, 0.4) is 0 Å². The van der Waals surface area contributed by atoms with Crippen molar-refractivity contribution < 1.29 is 0 Å². The molecule has 0 fully saturated rings. The summed E-state index contributed by atoms with van der Waals surface area (Å²) in [5.41, 5.74) is 1.32. The van der Waals surface area contributed by atoms with Crippen molar-refractivity contribution in [2.24, 2.45) is 0 Å². The maximum atomic E-state index is 3.71. The van der Waals surface area contributed by atoms with Gasteiger partial charge in [-0.3, -0.25) is 4.90 Å². The molecule has 0 aliphatic rings. The summed E-state index contributed by atoms with van der Waals surface area (Å²) in [6.07, 6.45) is 8.12. The van der Waals surface area contributed by atoms with Gasteiger partial charge in [-0.15, -0.1) is 0 Å². The largest absolute Gasteiger partial charge is 0.300 e. The normalized spacial score (nSPS) is 11.5. The summed E-state index contributed by atoms with van der Waals surface area (Å²) in [6, 6.07) is 0. The molecule has 0 atom stereocenters. The minimum Gasteiger partial charge on any atom is -0.300 e. The van der Waals surface area contributed by atoms with Gasteiger partial charge in [0.2, 0.25) is 0 Å². The molecule has 88 valence electrons. The molecule has 0 spiro atoms. The predicted molar refractivity (Wildman–Crippen MR) is 72.2 cm³/mol. The third-order valence-electron chi connectivity index (χ3n) is 2.01. The third-order valence-corrected chi connectivity index (χ3v) is 2.01. The van der Waals surface area contributed by atoms with Gasteiger partial charge in [0.05, 0.1) is 0 Å². The van der Waals surface area contributed by atoms with E-state index in [0.29, 0.717) is 0 Å². The van der Waals surface area contributed by atoms with E-state index in [2.05, 4.69) is 43.6 Å². The number of rotatable bonds is 6. The van der Waals surface area contributed by atoms with Crippen LogP contribution in [0.15, 0.2) is 36.5 Å². The molecule has 0 heterocycles. The molecule has 0 aromatic carbocycles. The lowest BCUT2D eigenvalue weighted by Gasteiger charge is -2.18.